The van der Waals surface area contributed by atoms with Crippen LogP contribution < -0.4 is 0 Å². The summed E-state index contributed by atoms with van der Waals surface area (Å²) in [4.78, 5) is 11.6. The van der Waals surface area contributed by atoms with Crippen LogP contribution in [0.3, 0.4) is 0 Å². The zero-order valence-electron chi connectivity index (χ0n) is 7.91. The van der Waals surface area contributed by atoms with Crippen molar-refractivity contribution in [2.75, 3.05) is 0 Å². The summed E-state index contributed by atoms with van der Waals surface area (Å²) >= 11 is 1.68. The first-order chi connectivity index (χ1) is 6.68. The predicted octanol–water partition coefficient (Wildman–Crippen LogP) is 3.66. The van der Waals surface area contributed by atoms with E-state index < -0.39 is 0 Å². The highest BCUT2D eigenvalue weighted by Crippen LogP contribution is 2.22. The molecule has 0 amide bonds. The fraction of sp³-hybridized carbons (Fsp3) is 0.0833. The molecule has 2 heteroatoms. The summed E-state index contributed by atoms with van der Waals surface area (Å²) in [5.74, 6) is 0.0260. The van der Waals surface area contributed by atoms with Gasteiger partial charge in [0.15, 0.2) is 5.78 Å². The van der Waals surface area contributed by atoms with Gasteiger partial charge in [-0.1, -0.05) is 6.58 Å². The number of carbonyl (C=O) groups is 1. The Balaban J connectivity index is 2.54. The molecule has 2 rings (SSSR count). The van der Waals surface area contributed by atoms with Crippen molar-refractivity contribution in [1.82, 2.24) is 0 Å². The molecule has 0 fully saturated rings. The Morgan fingerprint density at radius 1 is 1.36 bits per heavy atom. The highest BCUT2D eigenvalue weighted by atomic mass is 32.1. The first-order valence-corrected chi connectivity index (χ1v) is 5.24. The molecule has 0 saturated heterocycles. The van der Waals surface area contributed by atoms with E-state index in [1.165, 1.54) is 4.70 Å². The van der Waals surface area contributed by atoms with E-state index in [1.807, 2.05) is 29.6 Å². The van der Waals surface area contributed by atoms with Crippen LogP contribution >= 0.6 is 11.3 Å². The van der Waals surface area contributed by atoms with Crippen molar-refractivity contribution >= 4 is 27.2 Å². The second-order valence-electron chi connectivity index (χ2n) is 3.28. The van der Waals surface area contributed by atoms with Gasteiger partial charge in [-0.25, -0.2) is 0 Å². The highest BCUT2D eigenvalue weighted by Gasteiger charge is 2.06. The summed E-state index contributed by atoms with van der Waals surface area (Å²) in [6.07, 6.45) is 0. The number of carbonyl (C=O) groups excluding carboxylic acids is 1. The molecular weight excluding hydrogens is 192 g/mol. The highest BCUT2D eigenvalue weighted by molar-refractivity contribution is 7.17. The van der Waals surface area contributed by atoms with Crippen LogP contribution in [0.15, 0.2) is 41.8 Å². The maximum atomic E-state index is 11.6. The summed E-state index contributed by atoms with van der Waals surface area (Å²) in [7, 11) is 0. The van der Waals surface area contributed by atoms with E-state index >= 15 is 0 Å². The fourth-order valence-electron chi connectivity index (χ4n) is 1.35. The maximum Gasteiger partial charge on any atom is 0.188 e. The van der Waals surface area contributed by atoms with Crippen molar-refractivity contribution in [2.45, 2.75) is 6.92 Å². The van der Waals surface area contributed by atoms with Crippen molar-refractivity contribution in [3.8, 4) is 0 Å². The molecule has 0 radical (unpaired) electrons. The Morgan fingerprint density at radius 2 is 2.14 bits per heavy atom. The summed E-state index contributed by atoms with van der Waals surface area (Å²) in [6.45, 7) is 5.39. The van der Waals surface area contributed by atoms with Crippen molar-refractivity contribution in [3.05, 3.63) is 47.4 Å². The van der Waals surface area contributed by atoms with Gasteiger partial charge in [0.25, 0.3) is 0 Å². The molecule has 0 spiro atoms. The molecule has 0 aliphatic heterocycles. The van der Waals surface area contributed by atoms with Crippen LogP contribution in [0.4, 0.5) is 0 Å². The van der Waals surface area contributed by atoms with Gasteiger partial charge >= 0.3 is 0 Å². The van der Waals surface area contributed by atoms with Gasteiger partial charge < -0.3 is 0 Å². The molecule has 0 unspecified atom stereocenters. The zero-order chi connectivity index (χ0) is 10.1. The first-order valence-electron chi connectivity index (χ1n) is 4.36. The minimum absolute atomic E-state index is 0.0260. The van der Waals surface area contributed by atoms with E-state index in [9.17, 15) is 4.79 Å². The minimum atomic E-state index is 0.0260. The van der Waals surface area contributed by atoms with E-state index in [0.29, 0.717) is 5.57 Å². The molecule has 0 bridgehead atoms. The fourth-order valence-corrected chi connectivity index (χ4v) is 2.13. The van der Waals surface area contributed by atoms with Crippen LogP contribution in [0.2, 0.25) is 0 Å². The normalized spacial score (nSPS) is 10.4. The van der Waals surface area contributed by atoms with Gasteiger partial charge in [-0.05, 0) is 47.5 Å². The summed E-state index contributed by atoms with van der Waals surface area (Å²) < 4.78 is 1.21. The number of ketones is 1. The van der Waals surface area contributed by atoms with Gasteiger partial charge in [0.2, 0.25) is 0 Å². The Bertz CT molecular complexity index is 508. The molecule has 0 aliphatic rings. The van der Waals surface area contributed by atoms with E-state index in [0.717, 1.165) is 10.9 Å². The average molecular weight is 202 g/mol. The van der Waals surface area contributed by atoms with Crippen LogP contribution in [0.25, 0.3) is 10.1 Å². The van der Waals surface area contributed by atoms with Gasteiger partial charge in [-0.3, -0.25) is 4.79 Å². The summed E-state index contributed by atoms with van der Waals surface area (Å²) in [6, 6.07) is 7.78. The van der Waals surface area contributed by atoms with Crippen LogP contribution in [-0.2, 0) is 0 Å². The van der Waals surface area contributed by atoms with Gasteiger partial charge in [0.05, 0.1) is 0 Å². The van der Waals surface area contributed by atoms with Crippen LogP contribution in [-0.4, -0.2) is 5.78 Å². The molecule has 0 aliphatic carbocycles. The van der Waals surface area contributed by atoms with E-state index in [4.69, 9.17) is 0 Å². The van der Waals surface area contributed by atoms with Crippen molar-refractivity contribution in [3.63, 3.8) is 0 Å². The lowest BCUT2D eigenvalue weighted by Gasteiger charge is -1.99. The minimum Gasteiger partial charge on any atom is -0.289 e. The molecule has 1 aromatic heterocycles. The van der Waals surface area contributed by atoms with Crippen molar-refractivity contribution < 1.29 is 4.79 Å². The second-order valence-corrected chi connectivity index (χ2v) is 4.23. The lowest BCUT2D eigenvalue weighted by molar-refractivity contribution is 0.103. The smallest absolute Gasteiger partial charge is 0.188 e. The van der Waals surface area contributed by atoms with E-state index in [1.54, 1.807) is 18.3 Å². The van der Waals surface area contributed by atoms with Gasteiger partial charge in [0, 0.05) is 10.3 Å². The molecule has 14 heavy (non-hydrogen) atoms. The van der Waals surface area contributed by atoms with Gasteiger partial charge in [-0.2, -0.15) is 0 Å². The van der Waals surface area contributed by atoms with Gasteiger partial charge in [-0.15, -0.1) is 11.3 Å². The SMILES string of the molecule is C=C(C)C(=O)c1ccc2sccc2c1. The Labute approximate surface area is 86.7 Å². The molecule has 1 nitrogen and oxygen atoms in total. The third-order valence-electron chi connectivity index (χ3n) is 2.10. The molecule has 2 aromatic rings. The second kappa shape index (κ2) is 3.39. The number of benzene rings is 1. The zero-order valence-corrected chi connectivity index (χ0v) is 8.73. The Kier molecular flexibility index (Phi) is 2.22. The number of rotatable bonds is 2. The van der Waals surface area contributed by atoms with Crippen LogP contribution in [0.1, 0.15) is 17.3 Å². The molecule has 1 heterocycles. The Morgan fingerprint density at radius 3 is 2.86 bits per heavy atom. The average Bonchev–Trinajstić information content (AvgIpc) is 2.62. The third-order valence-corrected chi connectivity index (χ3v) is 3.00. The number of hydrogen-bond acceptors (Lipinski definition) is 2. The molecule has 70 valence electrons. The number of allylic oxidation sites excluding steroid dienone is 1. The van der Waals surface area contributed by atoms with Crippen LogP contribution in [0.5, 0.6) is 0 Å². The lowest BCUT2D eigenvalue weighted by Crippen LogP contribution is -1.98. The first kappa shape index (κ1) is 9.16. The quantitative estimate of drug-likeness (QED) is 0.536. The summed E-state index contributed by atoms with van der Waals surface area (Å²) in [5.41, 5.74) is 1.31. The van der Waals surface area contributed by atoms with E-state index in [2.05, 4.69) is 6.58 Å². The number of Topliss-reactive ketones (excluding diaryl/α,β-unsaturated/α-hetero) is 1. The number of hydrogen-bond donors (Lipinski definition) is 0. The van der Waals surface area contributed by atoms with Crippen molar-refractivity contribution in [1.29, 1.82) is 0 Å². The Hall–Kier alpha value is -1.41. The van der Waals surface area contributed by atoms with Gasteiger partial charge in [0.1, 0.15) is 0 Å². The van der Waals surface area contributed by atoms with Crippen LogP contribution in [0, 0.1) is 0 Å². The topological polar surface area (TPSA) is 17.1 Å². The maximum absolute atomic E-state index is 11.6. The van der Waals surface area contributed by atoms with Crippen molar-refractivity contribution in [2.24, 2.45) is 0 Å². The molecule has 1 aromatic carbocycles. The lowest BCUT2D eigenvalue weighted by atomic mass is 10.0. The largest absolute Gasteiger partial charge is 0.289 e. The summed E-state index contributed by atoms with van der Waals surface area (Å²) in [5, 5.41) is 3.15. The molecule has 0 atom stereocenters. The number of fused-ring (bicyclic) bond motifs is 1. The third kappa shape index (κ3) is 1.49. The monoisotopic (exact) mass is 202 g/mol. The number of thiophene rings is 1. The van der Waals surface area contributed by atoms with E-state index in [-0.39, 0.29) is 5.78 Å². The molecule has 0 saturated carbocycles. The molecular formula is C12H10OS. The molecule has 0 N–H and O–H groups in total. The standard InChI is InChI=1S/C12H10OS/c1-8(2)12(13)10-3-4-11-9(7-10)5-6-14-11/h3-7H,1H2,2H3. The predicted molar refractivity (Wildman–Crippen MR) is 61.0 cm³/mol.